The average molecular weight is 487 g/mol. The van der Waals surface area contributed by atoms with Gasteiger partial charge in [0.2, 0.25) is 0 Å². The first-order valence-corrected chi connectivity index (χ1v) is 6.98. The number of hydrogen-bond donors (Lipinski definition) is 0. The third kappa shape index (κ3) is 3.22. The summed E-state index contributed by atoms with van der Waals surface area (Å²) in [5, 5.41) is 7.63. The summed E-state index contributed by atoms with van der Waals surface area (Å²) in [4.78, 5) is 26.0. The molecule has 2 aliphatic heterocycles. The third-order valence-corrected chi connectivity index (χ3v) is 3.52. The molecule has 2 aromatic rings. The van der Waals surface area contributed by atoms with Crippen molar-refractivity contribution >= 4 is 34.5 Å². The Morgan fingerprint density at radius 3 is 1.92 bits per heavy atom. The topological polar surface area (TPSA) is 74.7 Å². The van der Waals surface area contributed by atoms with E-state index in [1.165, 1.54) is 0 Å². The van der Waals surface area contributed by atoms with Crippen LogP contribution in [-0.2, 0) is 30.7 Å². The molecule has 24 heavy (non-hydrogen) atoms. The van der Waals surface area contributed by atoms with Gasteiger partial charge in [-0.2, -0.15) is 0 Å². The van der Waals surface area contributed by atoms with Crippen LogP contribution in [0.4, 0.5) is 11.4 Å². The van der Waals surface area contributed by atoms with Crippen LogP contribution >= 0.6 is 0 Å². The van der Waals surface area contributed by atoms with Crippen molar-refractivity contribution in [3.05, 3.63) is 76.9 Å². The Morgan fingerprint density at radius 1 is 0.833 bits per heavy atom. The predicted octanol–water partition coefficient (Wildman–Crippen LogP) is 3.89. The molecule has 0 radical (unpaired) electrons. The molecule has 6 heteroatoms. The zero-order valence-corrected chi connectivity index (χ0v) is 15.8. The van der Waals surface area contributed by atoms with Crippen molar-refractivity contribution in [2.75, 3.05) is 7.05 Å². The van der Waals surface area contributed by atoms with Gasteiger partial charge in [-0.3, -0.25) is 4.99 Å². The fourth-order valence-corrected chi connectivity index (χ4v) is 2.38. The maximum Gasteiger partial charge on any atom is 2.00 e. The molecule has 2 aromatic carbocycles. The van der Waals surface area contributed by atoms with Crippen LogP contribution in [0.2, 0.25) is 0 Å². The van der Waals surface area contributed by atoms with Crippen LogP contribution in [0.1, 0.15) is 11.1 Å². The molecule has 2 amide bonds. The molecule has 0 saturated carbocycles. The molecule has 0 atom stereocenters. The third-order valence-electron chi connectivity index (χ3n) is 3.52. The molecular weight excluding hydrogens is 474 g/mol. The zero-order valence-electron chi connectivity index (χ0n) is 12.9. The van der Waals surface area contributed by atoms with Gasteiger partial charge in [0.1, 0.15) is 5.91 Å². The molecule has 0 aromatic heterocycles. The second-order valence-corrected chi connectivity index (χ2v) is 4.92. The largest absolute Gasteiger partial charge is 2.00 e. The van der Waals surface area contributed by atoms with Gasteiger partial charge in [-0.05, 0) is 16.7 Å². The standard InChI is InChI=1S/C9H8N2O.C9H7NO.W/c1-10-8-6-4-2-3-5-7(6)11-9(8)12;1-6-7-4-2-3-5-8(7)10-9(6)11;/h2-5H,1H3,(H,10,11,12);2-5H,1H2,(H,10,11);/q;;+2/p-2. The molecule has 0 aliphatic carbocycles. The Labute approximate surface area is 154 Å². The van der Waals surface area contributed by atoms with Gasteiger partial charge in [0.25, 0.3) is 0 Å². The Balaban J connectivity index is 0.000000167. The summed E-state index contributed by atoms with van der Waals surface area (Å²) in [5.74, 6) is -0.454. The van der Waals surface area contributed by atoms with Crippen molar-refractivity contribution in [3.63, 3.8) is 0 Å². The van der Waals surface area contributed by atoms with E-state index in [4.69, 9.17) is 0 Å². The number of benzene rings is 2. The van der Waals surface area contributed by atoms with Gasteiger partial charge in [-0.15, -0.1) is 11.4 Å². The summed E-state index contributed by atoms with van der Waals surface area (Å²) < 4.78 is 0. The normalized spacial score (nSPS) is 15.5. The summed E-state index contributed by atoms with van der Waals surface area (Å²) in [6.45, 7) is 3.63. The minimum absolute atomic E-state index is 0. The predicted molar refractivity (Wildman–Crippen MR) is 90.4 cm³/mol. The quantitative estimate of drug-likeness (QED) is 0.529. The van der Waals surface area contributed by atoms with E-state index in [2.05, 4.69) is 22.2 Å². The van der Waals surface area contributed by atoms with E-state index in [-0.39, 0.29) is 32.9 Å². The molecule has 118 valence electrons. The molecule has 4 rings (SSSR count). The Morgan fingerprint density at radius 2 is 1.33 bits per heavy atom. The van der Waals surface area contributed by atoms with Crippen LogP contribution < -0.4 is 0 Å². The van der Waals surface area contributed by atoms with Crippen LogP contribution in [0.25, 0.3) is 16.2 Å². The number of nitrogens with zero attached hydrogens (tertiary/aromatic N) is 3. The summed E-state index contributed by atoms with van der Waals surface area (Å²) in [7, 11) is 1.60. The van der Waals surface area contributed by atoms with E-state index in [0.29, 0.717) is 11.3 Å². The summed E-state index contributed by atoms with van der Waals surface area (Å²) in [6, 6.07) is 14.8. The second kappa shape index (κ2) is 7.37. The number of para-hydroxylation sites is 2. The zero-order chi connectivity index (χ0) is 16.4. The SMILES string of the molecule is C=C1C(=O)[N-]c2ccccc21.CN=C1C(=O)[N-]c2ccccc21.[W+2]. The van der Waals surface area contributed by atoms with Crippen molar-refractivity contribution in [2.24, 2.45) is 4.99 Å². The van der Waals surface area contributed by atoms with E-state index in [1.807, 2.05) is 48.5 Å². The summed E-state index contributed by atoms with van der Waals surface area (Å²) in [5.41, 5.74) is 4.12. The second-order valence-electron chi connectivity index (χ2n) is 4.92. The van der Waals surface area contributed by atoms with Crippen molar-refractivity contribution < 1.29 is 30.7 Å². The van der Waals surface area contributed by atoms with Gasteiger partial charge < -0.3 is 20.2 Å². The van der Waals surface area contributed by atoms with Gasteiger partial charge in [-0.25, -0.2) is 0 Å². The summed E-state index contributed by atoms with van der Waals surface area (Å²) >= 11 is 0. The number of carbonyl (C=O) groups is 2. The van der Waals surface area contributed by atoms with Crippen molar-refractivity contribution in [3.8, 4) is 0 Å². The monoisotopic (exact) mass is 487 g/mol. The van der Waals surface area contributed by atoms with E-state index in [0.717, 1.165) is 22.5 Å². The number of aliphatic imine (C=N–C) groups is 1. The van der Waals surface area contributed by atoms with E-state index in [9.17, 15) is 9.59 Å². The van der Waals surface area contributed by atoms with Crippen LogP contribution in [0.5, 0.6) is 0 Å². The molecule has 0 bridgehead atoms. The van der Waals surface area contributed by atoms with Gasteiger partial charge in [-0.1, -0.05) is 55.1 Å². The first-order valence-electron chi connectivity index (χ1n) is 6.98. The summed E-state index contributed by atoms with van der Waals surface area (Å²) in [6.07, 6.45) is 0. The number of carbonyl (C=O) groups excluding carboxylic acids is 2. The van der Waals surface area contributed by atoms with Gasteiger partial charge >= 0.3 is 21.1 Å². The Kier molecular flexibility index (Phi) is 5.47. The smallest absolute Gasteiger partial charge is 0.622 e. The average Bonchev–Trinajstić information content (AvgIpc) is 3.04. The number of hydrogen-bond acceptors (Lipinski definition) is 3. The number of rotatable bonds is 0. The van der Waals surface area contributed by atoms with Gasteiger partial charge in [0, 0.05) is 7.05 Å². The molecule has 0 N–H and O–H groups in total. The molecule has 0 fully saturated rings. The fourth-order valence-electron chi connectivity index (χ4n) is 2.38. The van der Waals surface area contributed by atoms with Crippen LogP contribution in [-0.4, -0.2) is 24.6 Å². The maximum absolute atomic E-state index is 11.2. The molecule has 0 spiro atoms. The molecule has 2 aliphatic rings. The van der Waals surface area contributed by atoms with E-state index >= 15 is 0 Å². The Hall–Kier alpha value is -2.52. The minimum atomic E-state index is -0.237. The fraction of sp³-hybridized carbons (Fsp3) is 0.0556. The van der Waals surface area contributed by atoms with Crippen molar-refractivity contribution in [1.29, 1.82) is 0 Å². The number of amides is 2. The van der Waals surface area contributed by atoms with Gasteiger partial charge in [0.15, 0.2) is 0 Å². The molecule has 5 nitrogen and oxygen atoms in total. The minimum Gasteiger partial charge on any atom is -0.622 e. The van der Waals surface area contributed by atoms with Crippen molar-refractivity contribution in [1.82, 2.24) is 0 Å². The van der Waals surface area contributed by atoms with Gasteiger partial charge in [0.05, 0.1) is 11.6 Å². The first kappa shape index (κ1) is 17.8. The van der Waals surface area contributed by atoms with E-state index < -0.39 is 0 Å². The van der Waals surface area contributed by atoms with Crippen LogP contribution in [0.3, 0.4) is 0 Å². The Bertz CT molecular complexity index is 859. The maximum atomic E-state index is 11.2. The van der Waals surface area contributed by atoms with Crippen LogP contribution in [0, 0.1) is 0 Å². The molecule has 0 saturated heterocycles. The molecule has 0 unspecified atom stereocenters. The van der Waals surface area contributed by atoms with Crippen molar-refractivity contribution in [2.45, 2.75) is 0 Å². The van der Waals surface area contributed by atoms with E-state index in [1.54, 1.807) is 7.05 Å². The molecule has 2 heterocycles. The number of fused-ring (bicyclic) bond motifs is 2. The first-order chi connectivity index (χ1) is 11.1. The van der Waals surface area contributed by atoms with Crippen LogP contribution in [0.15, 0.2) is 60.1 Å². The molecular formula is C18H13N3O2W.